The van der Waals surface area contributed by atoms with E-state index in [2.05, 4.69) is 48.5 Å². The highest BCUT2D eigenvalue weighted by Gasteiger charge is 2.74. The standard InChI is InChI=1S/C33H56O11S2/c1-8-13-33-40-26-17-24-22-11-10-21-16-25(42-45(34,35)36)27(43-46(37,38)39)18-31(21,6)23(22)12-14-30(24,5)29(26)32(7,44-33)28(41-33)15-20(9-2)19(3)4/h19-29H,8-18H2,1-7H3,(H,34,35,36)(H,37,38,39)/t20?,21-,22?,23?,24-,25-,26?,27-,28+,29?,30-,31-,32+,33?/m0/s1. The lowest BCUT2D eigenvalue weighted by Gasteiger charge is -2.62. The van der Waals surface area contributed by atoms with Crippen molar-refractivity contribution in [2.45, 2.75) is 155 Å². The lowest BCUT2D eigenvalue weighted by Crippen LogP contribution is -2.61. The van der Waals surface area contributed by atoms with Crippen molar-refractivity contribution in [1.82, 2.24) is 0 Å². The van der Waals surface area contributed by atoms with Crippen molar-refractivity contribution in [1.29, 1.82) is 0 Å². The summed E-state index contributed by atoms with van der Waals surface area (Å²) < 4.78 is 96.8. The van der Waals surface area contributed by atoms with Crippen molar-refractivity contribution in [2.24, 2.45) is 52.3 Å². The smallest absolute Gasteiger partial charge is 0.324 e. The van der Waals surface area contributed by atoms with Crippen molar-refractivity contribution in [2.75, 3.05) is 0 Å². The van der Waals surface area contributed by atoms with E-state index >= 15 is 0 Å². The Hall–Kier alpha value is -0.380. The van der Waals surface area contributed by atoms with E-state index in [4.69, 9.17) is 22.6 Å². The third-order valence-electron chi connectivity index (χ3n) is 14.0. The molecule has 6 fully saturated rings. The Morgan fingerprint density at radius 1 is 0.870 bits per heavy atom. The molecule has 4 aliphatic carbocycles. The second kappa shape index (κ2) is 11.9. The van der Waals surface area contributed by atoms with Crippen LogP contribution < -0.4 is 0 Å². The molecular weight excluding hydrogens is 636 g/mol. The van der Waals surface area contributed by atoms with Crippen LogP contribution in [0.5, 0.6) is 0 Å². The molecule has 13 heteroatoms. The van der Waals surface area contributed by atoms with Gasteiger partial charge in [-0.2, -0.15) is 16.8 Å². The van der Waals surface area contributed by atoms with Gasteiger partial charge in [-0.3, -0.25) is 9.11 Å². The third-order valence-corrected chi connectivity index (χ3v) is 14.9. The summed E-state index contributed by atoms with van der Waals surface area (Å²) in [6.45, 7) is 15.9. The first-order chi connectivity index (χ1) is 21.3. The predicted molar refractivity (Wildman–Crippen MR) is 169 cm³/mol. The minimum Gasteiger partial charge on any atom is -0.324 e. The van der Waals surface area contributed by atoms with Crippen LogP contribution in [0.1, 0.15) is 119 Å². The lowest BCUT2D eigenvalue weighted by molar-refractivity contribution is -0.403. The van der Waals surface area contributed by atoms with E-state index in [-0.39, 0.29) is 53.6 Å². The van der Waals surface area contributed by atoms with Gasteiger partial charge in [-0.05, 0) is 111 Å². The SMILES string of the molecule is CCCC12OC3C[C@H]4C5CC[C@H]6C[C@H](OS(=O)(=O)O)[C@@H](OS(=O)(=O)O)C[C@]6(C)C5CC[C@]4(C)C3[C@](C)(O1)[C@@H](CC(CC)C(C)C)O2. The number of rotatable bonds is 10. The molecule has 0 aromatic carbocycles. The van der Waals surface area contributed by atoms with Crippen molar-refractivity contribution in [3.8, 4) is 0 Å². The minimum atomic E-state index is -4.89. The predicted octanol–water partition coefficient (Wildman–Crippen LogP) is 6.34. The first kappa shape index (κ1) is 35.4. The molecule has 2 bridgehead atoms. The molecule has 11 nitrogen and oxygen atoms in total. The maximum atomic E-state index is 11.8. The monoisotopic (exact) mass is 692 g/mol. The highest BCUT2D eigenvalue weighted by atomic mass is 32.3. The van der Waals surface area contributed by atoms with E-state index in [1.165, 1.54) is 0 Å². The molecule has 0 amide bonds. The quantitative estimate of drug-likeness (QED) is 0.247. The highest BCUT2D eigenvalue weighted by Crippen LogP contribution is 2.72. The van der Waals surface area contributed by atoms with Gasteiger partial charge in [0.15, 0.2) is 0 Å². The van der Waals surface area contributed by atoms with Gasteiger partial charge in [0.05, 0.1) is 12.2 Å². The molecule has 2 aliphatic heterocycles. The van der Waals surface area contributed by atoms with Gasteiger partial charge in [0, 0.05) is 12.3 Å². The fourth-order valence-corrected chi connectivity index (χ4v) is 13.1. The van der Waals surface area contributed by atoms with E-state index in [1.807, 2.05) is 0 Å². The average molecular weight is 693 g/mol. The van der Waals surface area contributed by atoms with E-state index < -0.39 is 44.6 Å². The van der Waals surface area contributed by atoms with Gasteiger partial charge in [-0.25, -0.2) is 8.37 Å². The van der Waals surface area contributed by atoms with E-state index in [0.29, 0.717) is 30.1 Å². The summed E-state index contributed by atoms with van der Waals surface area (Å²) >= 11 is 0. The molecule has 0 aromatic heterocycles. The van der Waals surface area contributed by atoms with Crippen LogP contribution in [0.15, 0.2) is 0 Å². The van der Waals surface area contributed by atoms with Gasteiger partial charge in [-0.1, -0.05) is 48.0 Å². The Morgan fingerprint density at radius 2 is 1.54 bits per heavy atom. The van der Waals surface area contributed by atoms with Crippen LogP contribution in [0.3, 0.4) is 0 Å². The van der Waals surface area contributed by atoms with Crippen LogP contribution in [0.4, 0.5) is 0 Å². The van der Waals surface area contributed by atoms with Crippen molar-refractivity contribution in [3.05, 3.63) is 0 Å². The van der Waals surface area contributed by atoms with Gasteiger partial charge in [0.25, 0.3) is 5.97 Å². The summed E-state index contributed by atoms with van der Waals surface area (Å²) in [5, 5.41) is 0. The van der Waals surface area contributed by atoms with E-state index in [9.17, 15) is 25.9 Å². The highest BCUT2D eigenvalue weighted by molar-refractivity contribution is 7.81. The number of ether oxygens (including phenoxy) is 3. The molecule has 14 atom stereocenters. The maximum absolute atomic E-state index is 11.8. The normalized spacial score (nSPS) is 49.2. The summed E-state index contributed by atoms with van der Waals surface area (Å²) in [6.07, 6.45) is 6.17. The minimum absolute atomic E-state index is 0.0169. The Morgan fingerprint density at radius 3 is 2.15 bits per heavy atom. The van der Waals surface area contributed by atoms with Crippen molar-refractivity contribution in [3.63, 3.8) is 0 Å². The lowest BCUT2D eigenvalue weighted by atomic mass is 9.44. The first-order valence-corrected chi connectivity index (χ1v) is 20.4. The molecule has 6 unspecified atom stereocenters. The maximum Gasteiger partial charge on any atom is 0.397 e. The Balaban J connectivity index is 1.30. The fourth-order valence-electron chi connectivity index (χ4n) is 12.1. The van der Waals surface area contributed by atoms with Gasteiger partial charge >= 0.3 is 20.8 Å². The number of hydrogen-bond acceptors (Lipinski definition) is 9. The molecule has 2 saturated heterocycles. The summed E-state index contributed by atoms with van der Waals surface area (Å²) in [7, 11) is -9.74. The molecule has 2 N–H and O–H groups in total. The fraction of sp³-hybridized carbons (Fsp3) is 1.00. The van der Waals surface area contributed by atoms with Gasteiger partial charge < -0.3 is 14.2 Å². The zero-order valence-corrected chi connectivity index (χ0v) is 30.1. The van der Waals surface area contributed by atoms with Gasteiger partial charge in [-0.15, -0.1) is 0 Å². The van der Waals surface area contributed by atoms with Crippen LogP contribution >= 0.6 is 0 Å². The molecule has 2 heterocycles. The van der Waals surface area contributed by atoms with Crippen LogP contribution in [0, 0.1) is 52.3 Å². The average Bonchev–Trinajstić information content (AvgIpc) is 3.33. The number of fused-ring (bicyclic) bond motifs is 10. The molecule has 4 saturated carbocycles. The second-order valence-corrected chi connectivity index (χ2v) is 18.7. The largest absolute Gasteiger partial charge is 0.397 e. The number of hydrogen-bond donors (Lipinski definition) is 2. The molecule has 266 valence electrons. The van der Waals surface area contributed by atoms with Crippen LogP contribution in [-0.2, 0) is 43.4 Å². The molecule has 46 heavy (non-hydrogen) atoms. The Bertz CT molecular complexity index is 1370. The second-order valence-electron chi connectivity index (χ2n) is 16.6. The molecule has 0 radical (unpaired) electrons. The molecular formula is C33H56O11S2. The topological polar surface area (TPSA) is 155 Å². The molecule has 0 aromatic rings. The molecule has 0 spiro atoms. The molecule has 6 rings (SSSR count). The summed E-state index contributed by atoms with van der Waals surface area (Å²) in [4.78, 5) is 0. The Labute approximate surface area is 276 Å². The summed E-state index contributed by atoms with van der Waals surface area (Å²) in [5.41, 5.74) is -0.881. The van der Waals surface area contributed by atoms with Gasteiger partial charge in [0.2, 0.25) is 0 Å². The van der Waals surface area contributed by atoms with Crippen LogP contribution in [-0.4, -0.2) is 61.9 Å². The van der Waals surface area contributed by atoms with E-state index in [1.54, 1.807) is 0 Å². The first-order valence-electron chi connectivity index (χ1n) is 17.6. The summed E-state index contributed by atoms with van der Waals surface area (Å²) in [5.74, 6) is 1.26. The zero-order valence-electron chi connectivity index (χ0n) is 28.5. The van der Waals surface area contributed by atoms with Crippen LogP contribution in [0.2, 0.25) is 0 Å². The van der Waals surface area contributed by atoms with Crippen LogP contribution in [0.25, 0.3) is 0 Å². The zero-order chi connectivity index (χ0) is 33.7. The third kappa shape index (κ3) is 5.93. The van der Waals surface area contributed by atoms with Crippen molar-refractivity contribution < 1.29 is 48.5 Å². The summed E-state index contributed by atoms with van der Waals surface area (Å²) in [6, 6.07) is 0. The van der Waals surface area contributed by atoms with E-state index in [0.717, 1.165) is 51.4 Å². The van der Waals surface area contributed by atoms with Gasteiger partial charge in [0.1, 0.15) is 17.8 Å². The Kier molecular flexibility index (Phi) is 9.14. The van der Waals surface area contributed by atoms with Crippen molar-refractivity contribution >= 4 is 20.8 Å². The molecule has 6 aliphatic rings.